The lowest BCUT2D eigenvalue weighted by Gasteiger charge is -2.22. The van der Waals surface area contributed by atoms with Gasteiger partial charge in [-0.05, 0) is 52.4 Å². The number of hydrogen-bond donors (Lipinski definition) is 1. The number of aryl methyl sites for hydroxylation is 1. The minimum atomic E-state index is -1.07. The maximum atomic E-state index is 13.1. The van der Waals surface area contributed by atoms with Crippen molar-refractivity contribution in [3.63, 3.8) is 0 Å². The molecule has 0 unspecified atom stereocenters. The summed E-state index contributed by atoms with van der Waals surface area (Å²) in [7, 11) is 0. The Kier molecular flexibility index (Phi) is 7.93. The molecular weight excluding hydrogens is 530 g/mol. The molecule has 214 valence electrons. The number of carbonyl (C=O) groups excluding carboxylic acids is 1. The van der Waals surface area contributed by atoms with Gasteiger partial charge < -0.3 is 19.3 Å². The first-order chi connectivity index (χ1) is 20.5. The second-order valence-corrected chi connectivity index (χ2v) is 10.9. The lowest BCUT2D eigenvalue weighted by atomic mass is 9.98. The lowest BCUT2D eigenvalue weighted by molar-refractivity contribution is -0.141. The molecule has 1 aliphatic carbocycles. The Balaban J connectivity index is 1.03. The number of ether oxygens (including phenoxy) is 3. The number of rotatable bonds is 9. The molecule has 1 fully saturated rings. The smallest absolute Gasteiger partial charge is 0.410 e. The molecule has 7 heteroatoms. The number of fused-ring (bicyclic) bond motifs is 3. The van der Waals surface area contributed by atoms with Crippen LogP contribution in [0.4, 0.5) is 4.79 Å². The minimum Gasteiger partial charge on any atom is -0.489 e. The number of carbonyl (C=O) groups is 2. The van der Waals surface area contributed by atoms with Gasteiger partial charge in [0.1, 0.15) is 25.0 Å². The van der Waals surface area contributed by atoms with Crippen LogP contribution in [0.1, 0.15) is 40.2 Å². The fraction of sp³-hybridized carbons (Fsp3) is 0.257. The van der Waals surface area contributed by atoms with E-state index in [0.717, 1.165) is 39.1 Å². The summed E-state index contributed by atoms with van der Waals surface area (Å²) in [6.45, 7) is 3.14. The van der Waals surface area contributed by atoms with E-state index >= 15 is 0 Å². The van der Waals surface area contributed by atoms with Crippen molar-refractivity contribution < 1.29 is 28.9 Å². The van der Waals surface area contributed by atoms with Gasteiger partial charge in [0.15, 0.2) is 0 Å². The van der Waals surface area contributed by atoms with Crippen LogP contribution in [0.25, 0.3) is 11.1 Å². The third kappa shape index (κ3) is 5.87. The molecule has 2 atom stereocenters. The zero-order valence-electron chi connectivity index (χ0n) is 23.4. The molecule has 0 saturated carbocycles. The van der Waals surface area contributed by atoms with Gasteiger partial charge in [-0.3, -0.25) is 4.90 Å². The highest BCUT2D eigenvalue weighted by molar-refractivity contribution is 5.81. The molecular formula is C35H33NO6. The molecule has 0 radical (unpaired) electrons. The van der Waals surface area contributed by atoms with Gasteiger partial charge in [0.25, 0.3) is 0 Å². The van der Waals surface area contributed by atoms with E-state index in [1.165, 1.54) is 10.5 Å². The van der Waals surface area contributed by atoms with Crippen molar-refractivity contribution in [2.75, 3.05) is 13.2 Å². The molecule has 4 aromatic rings. The molecule has 1 N–H and O–H groups in total. The van der Waals surface area contributed by atoms with Crippen molar-refractivity contribution in [2.45, 2.75) is 44.6 Å². The number of carboxylic acids is 1. The van der Waals surface area contributed by atoms with Crippen LogP contribution in [0.5, 0.6) is 5.75 Å². The normalized spacial score (nSPS) is 17.5. The van der Waals surface area contributed by atoms with Crippen LogP contribution in [0.15, 0.2) is 97.1 Å². The number of carboxylic acid groups (broad SMARTS) is 1. The van der Waals surface area contributed by atoms with E-state index in [0.29, 0.717) is 13.2 Å². The molecule has 2 aliphatic rings. The number of hydrogen-bond acceptors (Lipinski definition) is 5. The Bertz CT molecular complexity index is 1520. The fourth-order valence-corrected chi connectivity index (χ4v) is 5.78. The van der Waals surface area contributed by atoms with E-state index in [-0.39, 0.29) is 25.5 Å². The maximum Gasteiger partial charge on any atom is 0.410 e. The highest BCUT2D eigenvalue weighted by atomic mass is 16.6. The average molecular weight is 564 g/mol. The SMILES string of the molecule is Cc1ccc(COc2ccc(CO[C@@H]3C[C@@H](C(=O)O)N(C(=O)OCC4c5ccccc5-c5ccccc54)C3)cc2)cc1. The van der Waals surface area contributed by atoms with Crippen molar-refractivity contribution in [2.24, 2.45) is 0 Å². The summed E-state index contributed by atoms with van der Waals surface area (Å²) in [6.07, 6.45) is -0.841. The number of nitrogens with zero attached hydrogens (tertiary/aromatic N) is 1. The second-order valence-electron chi connectivity index (χ2n) is 10.9. The lowest BCUT2D eigenvalue weighted by Crippen LogP contribution is -2.41. The predicted octanol–water partition coefficient (Wildman–Crippen LogP) is 6.57. The maximum absolute atomic E-state index is 13.1. The quantitative estimate of drug-likeness (QED) is 0.248. The molecule has 0 bridgehead atoms. The first-order valence-corrected chi connectivity index (χ1v) is 14.2. The molecule has 0 spiro atoms. The van der Waals surface area contributed by atoms with Crippen LogP contribution < -0.4 is 4.74 Å². The van der Waals surface area contributed by atoms with E-state index in [9.17, 15) is 14.7 Å². The van der Waals surface area contributed by atoms with Crippen molar-refractivity contribution in [3.8, 4) is 16.9 Å². The molecule has 1 saturated heterocycles. The molecule has 4 aromatic carbocycles. The third-order valence-electron chi connectivity index (χ3n) is 8.05. The highest BCUT2D eigenvalue weighted by Gasteiger charge is 2.41. The van der Waals surface area contributed by atoms with Gasteiger partial charge in [-0.25, -0.2) is 9.59 Å². The number of benzene rings is 4. The first kappa shape index (κ1) is 27.5. The summed E-state index contributed by atoms with van der Waals surface area (Å²) in [5.41, 5.74) is 7.73. The standard InChI is InChI=1S/C35H33NO6/c1-23-10-12-24(13-11-23)20-40-26-16-14-25(15-17-26)21-41-27-18-33(34(37)38)36(19-27)35(39)42-22-32-30-8-4-2-6-28(30)29-7-3-5-9-31(29)32/h2-17,27,32-33H,18-22H2,1H3,(H,37,38)/t27-,33+/m1/s1. The van der Waals surface area contributed by atoms with Crippen LogP contribution >= 0.6 is 0 Å². The fourth-order valence-electron chi connectivity index (χ4n) is 5.78. The molecule has 0 aromatic heterocycles. The van der Waals surface area contributed by atoms with Gasteiger partial charge in [-0.2, -0.15) is 0 Å². The summed E-state index contributed by atoms with van der Waals surface area (Å²) < 4.78 is 17.7. The average Bonchev–Trinajstić information content (AvgIpc) is 3.59. The zero-order valence-corrected chi connectivity index (χ0v) is 23.4. The number of likely N-dealkylation sites (tertiary alicyclic amines) is 1. The Labute approximate surface area is 245 Å². The van der Waals surface area contributed by atoms with Crippen LogP contribution in [0, 0.1) is 6.92 Å². The third-order valence-corrected chi connectivity index (χ3v) is 8.05. The summed E-state index contributed by atoms with van der Waals surface area (Å²) in [6, 6.07) is 31.1. The number of aliphatic carboxylic acids is 1. The Hall–Kier alpha value is -4.62. The monoisotopic (exact) mass is 563 g/mol. The first-order valence-electron chi connectivity index (χ1n) is 14.2. The van der Waals surface area contributed by atoms with Crippen LogP contribution in [0.2, 0.25) is 0 Å². The van der Waals surface area contributed by atoms with E-state index in [4.69, 9.17) is 14.2 Å². The van der Waals surface area contributed by atoms with Gasteiger partial charge in [-0.15, -0.1) is 0 Å². The summed E-state index contributed by atoms with van der Waals surface area (Å²) >= 11 is 0. The predicted molar refractivity (Wildman–Crippen MR) is 158 cm³/mol. The summed E-state index contributed by atoms with van der Waals surface area (Å²) in [5.74, 6) is -0.402. The molecule has 42 heavy (non-hydrogen) atoms. The Morgan fingerprint density at radius 3 is 2.05 bits per heavy atom. The van der Waals surface area contributed by atoms with E-state index in [2.05, 4.69) is 55.5 Å². The van der Waals surface area contributed by atoms with Gasteiger partial charge in [-0.1, -0.05) is 90.5 Å². The van der Waals surface area contributed by atoms with Crippen LogP contribution in [-0.2, 0) is 27.5 Å². The van der Waals surface area contributed by atoms with Gasteiger partial charge in [0.05, 0.1) is 19.3 Å². The largest absolute Gasteiger partial charge is 0.489 e. The Morgan fingerprint density at radius 1 is 0.810 bits per heavy atom. The van der Waals surface area contributed by atoms with Gasteiger partial charge >= 0.3 is 12.1 Å². The summed E-state index contributed by atoms with van der Waals surface area (Å²) in [4.78, 5) is 26.5. The molecule has 1 amide bonds. The van der Waals surface area contributed by atoms with Crippen molar-refractivity contribution >= 4 is 12.1 Å². The van der Waals surface area contributed by atoms with Crippen molar-refractivity contribution in [3.05, 3.63) is 125 Å². The van der Waals surface area contributed by atoms with E-state index in [1.807, 2.05) is 48.5 Å². The van der Waals surface area contributed by atoms with E-state index < -0.39 is 24.2 Å². The molecule has 6 rings (SSSR count). The summed E-state index contributed by atoms with van der Waals surface area (Å²) in [5, 5.41) is 9.83. The van der Waals surface area contributed by atoms with Crippen molar-refractivity contribution in [1.82, 2.24) is 4.90 Å². The topological polar surface area (TPSA) is 85.3 Å². The van der Waals surface area contributed by atoms with Crippen molar-refractivity contribution in [1.29, 1.82) is 0 Å². The van der Waals surface area contributed by atoms with Gasteiger partial charge in [0.2, 0.25) is 0 Å². The van der Waals surface area contributed by atoms with Crippen LogP contribution in [0.3, 0.4) is 0 Å². The minimum absolute atomic E-state index is 0.0943. The van der Waals surface area contributed by atoms with Gasteiger partial charge in [0, 0.05) is 12.3 Å². The second kappa shape index (κ2) is 12.1. The molecule has 1 aliphatic heterocycles. The Morgan fingerprint density at radius 2 is 1.40 bits per heavy atom. The molecule has 7 nitrogen and oxygen atoms in total. The van der Waals surface area contributed by atoms with E-state index in [1.54, 1.807) is 0 Å². The number of amides is 1. The molecule has 1 heterocycles. The highest BCUT2D eigenvalue weighted by Crippen LogP contribution is 2.44. The van der Waals surface area contributed by atoms with Crippen LogP contribution in [-0.4, -0.2) is 47.4 Å². The zero-order chi connectivity index (χ0) is 29.1.